The van der Waals surface area contributed by atoms with Gasteiger partial charge in [0, 0.05) is 23.4 Å². The lowest BCUT2D eigenvalue weighted by atomic mass is 10.0. The molecule has 2 heterocycles. The fraction of sp³-hybridized carbons (Fsp3) is 0.250. The Morgan fingerprint density at radius 3 is 2.74 bits per heavy atom. The van der Waals surface area contributed by atoms with Crippen molar-refractivity contribution >= 4 is 49.4 Å². The number of para-hydroxylation sites is 2. The Labute approximate surface area is 163 Å². The number of benzene rings is 2. The van der Waals surface area contributed by atoms with Gasteiger partial charge in [0.2, 0.25) is 6.29 Å². The Morgan fingerprint density at radius 2 is 1.89 bits per heavy atom. The molecule has 0 fully saturated rings. The lowest BCUT2D eigenvalue weighted by Gasteiger charge is -2.15. The number of halogens is 1. The molecule has 0 saturated carbocycles. The van der Waals surface area contributed by atoms with E-state index >= 15 is 0 Å². The number of hydrogen-bond acceptors (Lipinski definition) is 6. The monoisotopic (exact) mass is 432 g/mol. The molecule has 0 bridgehead atoms. The molecular weight excluding hydrogens is 416 g/mol. The number of fused-ring (bicyclic) bond motifs is 3. The number of carbonyl (C=O) groups excluding carboxylic acids is 1. The summed E-state index contributed by atoms with van der Waals surface area (Å²) in [6.45, 7) is 0.816. The van der Waals surface area contributed by atoms with Gasteiger partial charge in [-0.05, 0) is 22.0 Å². The van der Waals surface area contributed by atoms with Crippen molar-refractivity contribution in [2.45, 2.75) is 6.29 Å². The molecular formula is C20H17BrO6. The largest absolute Gasteiger partial charge is 0.455 e. The molecule has 0 spiro atoms. The number of furan rings is 1. The predicted octanol–water partition coefficient (Wildman–Crippen LogP) is 4.21. The zero-order chi connectivity index (χ0) is 18.8. The maximum absolute atomic E-state index is 12.1. The van der Waals surface area contributed by atoms with Crippen molar-refractivity contribution in [3.8, 4) is 0 Å². The minimum atomic E-state index is -0.881. The van der Waals surface area contributed by atoms with Gasteiger partial charge in [0.05, 0.1) is 18.8 Å². The topological polar surface area (TPSA) is 67.1 Å². The quantitative estimate of drug-likeness (QED) is 0.316. The minimum absolute atomic E-state index is 0.0266. The van der Waals surface area contributed by atoms with Gasteiger partial charge in [-0.2, -0.15) is 0 Å². The van der Waals surface area contributed by atoms with Gasteiger partial charge in [0.25, 0.3) is 0 Å². The number of esters is 1. The van der Waals surface area contributed by atoms with E-state index in [2.05, 4.69) is 15.9 Å². The first kappa shape index (κ1) is 18.2. The van der Waals surface area contributed by atoms with Crippen molar-refractivity contribution in [2.24, 2.45) is 0 Å². The summed E-state index contributed by atoms with van der Waals surface area (Å²) in [7, 11) is 1.59. The van der Waals surface area contributed by atoms with E-state index in [9.17, 15) is 4.79 Å². The van der Waals surface area contributed by atoms with E-state index in [1.165, 1.54) is 0 Å². The molecule has 3 aromatic rings. The smallest absolute Gasteiger partial charge is 0.348 e. The van der Waals surface area contributed by atoms with Gasteiger partial charge in [-0.1, -0.05) is 36.4 Å². The molecule has 4 rings (SSSR count). The second-order valence-corrected chi connectivity index (χ2v) is 6.72. The van der Waals surface area contributed by atoms with Crippen LogP contribution in [0, 0.1) is 0 Å². The number of rotatable bonds is 7. The van der Waals surface area contributed by atoms with Crippen LogP contribution in [0.5, 0.6) is 0 Å². The summed E-state index contributed by atoms with van der Waals surface area (Å²) in [4.78, 5) is 12.1. The number of ether oxygens (including phenoxy) is 4. The Morgan fingerprint density at radius 1 is 1.07 bits per heavy atom. The number of carbonyl (C=O) groups is 1. The molecule has 6 nitrogen and oxygen atoms in total. The average molecular weight is 433 g/mol. The van der Waals surface area contributed by atoms with E-state index < -0.39 is 12.3 Å². The fourth-order valence-corrected chi connectivity index (χ4v) is 3.55. The van der Waals surface area contributed by atoms with Gasteiger partial charge in [0.1, 0.15) is 15.6 Å². The molecule has 1 aromatic heterocycles. The Hall–Kier alpha value is -2.19. The molecule has 0 radical (unpaired) electrons. The first-order valence-electron chi connectivity index (χ1n) is 8.40. The van der Waals surface area contributed by atoms with E-state index in [-0.39, 0.29) is 6.79 Å². The van der Waals surface area contributed by atoms with Crippen LogP contribution in [0.4, 0.5) is 0 Å². The standard InChI is InChI=1S/C20H17BrO6/c1-23-9-10-24-11-25-20-16(17(21)19(22)27-20)14-7-4-6-13-12-5-2-3-8-15(12)26-18(13)14/h2-8,20H,9-11H2,1H3. The van der Waals surface area contributed by atoms with Crippen LogP contribution in [-0.4, -0.2) is 39.4 Å². The summed E-state index contributed by atoms with van der Waals surface area (Å²) < 4.78 is 27.6. The summed E-state index contributed by atoms with van der Waals surface area (Å²) in [5, 5.41) is 1.97. The zero-order valence-electron chi connectivity index (χ0n) is 14.6. The molecule has 2 aromatic carbocycles. The number of cyclic esters (lactones) is 1. The highest BCUT2D eigenvalue weighted by Crippen LogP contribution is 2.40. The molecule has 7 heteroatoms. The zero-order valence-corrected chi connectivity index (χ0v) is 16.2. The number of hydrogen-bond donors (Lipinski definition) is 0. The third-order valence-electron chi connectivity index (χ3n) is 4.29. The van der Waals surface area contributed by atoms with Crippen LogP contribution in [0.15, 0.2) is 51.4 Å². The molecule has 0 aliphatic carbocycles. The Bertz CT molecular complexity index is 1020. The molecule has 1 aliphatic rings. The van der Waals surface area contributed by atoms with Gasteiger partial charge in [-0.15, -0.1) is 0 Å². The van der Waals surface area contributed by atoms with Crippen LogP contribution < -0.4 is 0 Å². The third kappa shape index (κ3) is 3.39. The molecule has 140 valence electrons. The van der Waals surface area contributed by atoms with Gasteiger partial charge in [-0.25, -0.2) is 4.79 Å². The molecule has 0 N–H and O–H groups in total. The number of methoxy groups -OCH3 is 1. The van der Waals surface area contributed by atoms with Gasteiger partial charge in [0.15, 0.2) is 6.79 Å². The van der Waals surface area contributed by atoms with Crippen molar-refractivity contribution < 1.29 is 28.2 Å². The first-order chi connectivity index (χ1) is 13.2. The molecule has 1 atom stereocenters. The van der Waals surface area contributed by atoms with Crippen LogP contribution in [0.1, 0.15) is 5.56 Å². The second-order valence-electron chi connectivity index (χ2n) is 5.93. The average Bonchev–Trinajstić information content (AvgIpc) is 3.19. The molecule has 1 unspecified atom stereocenters. The van der Waals surface area contributed by atoms with Crippen molar-refractivity contribution in [2.75, 3.05) is 27.1 Å². The first-order valence-corrected chi connectivity index (χ1v) is 9.19. The maximum Gasteiger partial charge on any atom is 0.348 e. The summed E-state index contributed by atoms with van der Waals surface area (Å²) >= 11 is 3.33. The summed E-state index contributed by atoms with van der Waals surface area (Å²) in [6.07, 6.45) is -0.881. The normalized spacial score (nSPS) is 17.3. The van der Waals surface area contributed by atoms with E-state index in [0.717, 1.165) is 21.9 Å². The predicted molar refractivity (Wildman–Crippen MR) is 103 cm³/mol. The van der Waals surface area contributed by atoms with E-state index in [1.54, 1.807) is 7.11 Å². The summed E-state index contributed by atoms with van der Waals surface area (Å²) in [5.41, 5.74) is 2.78. The van der Waals surface area contributed by atoms with Crippen molar-refractivity contribution in [3.63, 3.8) is 0 Å². The van der Waals surface area contributed by atoms with Crippen LogP contribution in [0.3, 0.4) is 0 Å². The van der Waals surface area contributed by atoms with Crippen LogP contribution in [-0.2, 0) is 23.7 Å². The highest BCUT2D eigenvalue weighted by Gasteiger charge is 2.36. The van der Waals surface area contributed by atoms with Gasteiger partial charge < -0.3 is 23.4 Å². The van der Waals surface area contributed by atoms with E-state index in [4.69, 9.17) is 23.4 Å². The third-order valence-corrected chi connectivity index (χ3v) is 5.05. The Balaban J connectivity index is 1.70. The highest BCUT2D eigenvalue weighted by molar-refractivity contribution is 9.12. The lowest BCUT2D eigenvalue weighted by Crippen LogP contribution is -2.18. The van der Waals surface area contributed by atoms with Crippen LogP contribution in [0.2, 0.25) is 0 Å². The van der Waals surface area contributed by atoms with Crippen molar-refractivity contribution in [1.29, 1.82) is 0 Å². The van der Waals surface area contributed by atoms with Gasteiger partial charge >= 0.3 is 5.97 Å². The summed E-state index contributed by atoms with van der Waals surface area (Å²) in [5.74, 6) is -0.486. The van der Waals surface area contributed by atoms with Crippen LogP contribution in [0.25, 0.3) is 27.5 Å². The second kappa shape index (κ2) is 7.82. The van der Waals surface area contributed by atoms with E-state index in [0.29, 0.717) is 28.9 Å². The van der Waals surface area contributed by atoms with Crippen molar-refractivity contribution in [1.82, 2.24) is 0 Å². The van der Waals surface area contributed by atoms with Gasteiger partial charge in [-0.3, -0.25) is 0 Å². The SMILES string of the molecule is COCCOCOC1OC(=O)C(Br)=C1c1cccc2c1oc1ccccc12. The molecule has 27 heavy (non-hydrogen) atoms. The molecule has 0 amide bonds. The maximum atomic E-state index is 12.1. The molecule has 0 saturated heterocycles. The van der Waals surface area contributed by atoms with E-state index in [1.807, 2.05) is 42.5 Å². The minimum Gasteiger partial charge on any atom is -0.455 e. The van der Waals surface area contributed by atoms with Crippen LogP contribution >= 0.6 is 15.9 Å². The Kier molecular flexibility index (Phi) is 5.27. The lowest BCUT2D eigenvalue weighted by molar-refractivity contribution is -0.177. The van der Waals surface area contributed by atoms with Crippen molar-refractivity contribution in [3.05, 3.63) is 52.5 Å². The highest BCUT2D eigenvalue weighted by atomic mass is 79.9. The molecule has 1 aliphatic heterocycles. The summed E-state index contributed by atoms with van der Waals surface area (Å²) in [6, 6.07) is 13.6. The fourth-order valence-electron chi connectivity index (χ4n) is 3.05.